The minimum Gasteiger partial charge on any atom is -0.504 e. The molecule has 23 heavy (non-hydrogen) atoms. The monoisotopic (exact) mass is 341 g/mol. The van der Waals surface area contributed by atoms with E-state index in [4.69, 9.17) is 4.42 Å². The summed E-state index contributed by atoms with van der Waals surface area (Å²) < 4.78 is 44.4. The van der Waals surface area contributed by atoms with Gasteiger partial charge in [-0.2, -0.15) is 13.2 Å². The molecule has 0 fully saturated rings. The number of aromatic hydroxyl groups is 1. The normalized spacial score (nSPS) is 17.7. The minimum absolute atomic E-state index is 0.0679. The van der Waals surface area contributed by atoms with Crippen molar-refractivity contribution >= 4 is 17.6 Å². The molecule has 1 atom stereocenters. The van der Waals surface area contributed by atoms with Crippen LogP contribution in [0.2, 0.25) is 0 Å². The molecule has 2 heterocycles. The molecule has 1 aliphatic rings. The minimum atomic E-state index is -4.44. The second-order valence-electron chi connectivity index (χ2n) is 5.08. The second-order valence-corrected chi connectivity index (χ2v) is 6.19. The quantitative estimate of drug-likeness (QED) is 0.784. The van der Waals surface area contributed by atoms with Crippen molar-refractivity contribution in [2.45, 2.75) is 17.8 Å². The molecule has 3 rings (SSSR count). The molecule has 1 aromatic carbocycles. The number of benzene rings is 1. The van der Waals surface area contributed by atoms with Gasteiger partial charge >= 0.3 is 6.18 Å². The van der Waals surface area contributed by atoms with Gasteiger partial charge in [-0.3, -0.25) is 0 Å². The molecule has 1 aromatic heterocycles. The lowest BCUT2D eigenvalue weighted by Crippen LogP contribution is -2.04. The molecule has 2 N–H and O–H groups in total. The molecule has 7 heteroatoms. The van der Waals surface area contributed by atoms with Crippen LogP contribution >= 0.6 is 11.8 Å². The van der Waals surface area contributed by atoms with Crippen molar-refractivity contribution in [2.75, 3.05) is 12.4 Å². The van der Waals surface area contributed by atoms with Crippen molar-refractivity contribution in [3.8, 4) is 16.9 Å². The Morgan fingerprint density at radius 2 is 2.13 bits per heavy atom. The summed E-state index contributed by atoms with van der Waals surface area (Å²) in [5, 5.41) is 15.1. The van der Waals surface area contributed by atoms with Gasteiger partial charge in [0.05, 0.1) is 16.4 Å². The first-order valence-corrected chi connectivity index (χ1v) is 7.87. The number of halogens is 3. The topological polar surface area (TPSA) is 45.4 Å². The lowest BCUT2D eigenvalue weighted by molar-refractivity contribution is -0.137. The summed E-state index contributed by atoms with van der Waals surface area (Å²) in [4.78, 5) is 0. The Labute approximate surface area is 135 Å². The summed E-state index contributed by atoms with van der Waals surface area (Å²) in [6.07, 6.45) is -1.78. The molecular formula is C16H14F3NO2S. The Hall–Kier alpha value is -2.02. The van der Waals surface area contributed by atoms with Crippen LogP contribution in [0.15, 0.2) is 40.2 Å². The van der Waals surface area contributed by atoms with Crippen molar-refractivity contribution in [2.24, 2.45) is 0 Å². The fourth-order valence-corrected chi connectivity index (χ4v) is 3.42. The first-order valence-electron chi connectivity index (χ1n) is 6.93. The smallest absolute Gasteiger partial charge is 0.416 e. The van der Waals surface area contributed by atoms with Crippen LogP contribution in [-0.4, -0.2) is 12.2 Å². The van der Waals surface area contributed by atoms with E-state index < -0.39 is 11.7 Å². The molecule has 0 bridgehead atoms. The third kappa shape index (κ3) is 2.93. The SMILES string of the molecule is CNc1oc(C2CC=CS2)c(O)c1-c1cccc(C(F)(F)F)c1. The largest absolute Gasteiger partial charge is 0.504 e. The van der Waals surface area contributed by atoms with Crippen LogP contribution < -0.4 is 5.32 Å². The van der Waals surface area contributed by atoms with E-state index in [1.165, 1.54) is 23.9 Å². The van der Waals surface area contributed by atoms with Crippen molar-refractivity contribution in [1.82, 2.24) is 0 Å². The Morgan fingerprint density at radius 3 is 2.74 bits per heavy atom. The van der Waals surface area contributed by atoms with E-state index in [-0.39, 0.29) is 28.0 Å². The number of nitrogens with one attached hydrogen (secondary N) is 1. The van der Waals surface area contributed by atoms with E-state index in [0.717, 1.165) is 12.1 Å². The highest BCUT2D eigenvalue weighted by molar-refractivity contribution is 8.02. The van der Waals surface area contributed by atoms with Crippen LogP contribution in [0.4, 0.5) is 19.1 Å². The fourth-order valence-electron chi connectivity index (χ4n) is 2.51. The standard InChI is InChI=1S/C16H14F3NO2S/c1-20-15-12(9-4-2-5-10(8-9)16(17,18)19)13(21)14(22-15)11-6-3-7-23-11/h2-5,7-8,11,20-21H,6H2,1H3. The zero-order chi connectivity index (χ0) is 16.6. The number of rotatable bonds is 3. The van der Waals surface area contributed by atoms with Gasteiger partial charge in [0.25, 0.3) is 0 Å². The van der Waals surface area contributed by atoms with Crippen LogP contribution in [0.1, 0.15) is 23.0 Å². The van der Waals surface area contributed by atoms with E-state index >= 15 is 0 Å². The first-order chi connectivity index (χ1) is 10.9. The highest BCUT2D eigenvalue weighted by atomic mass is 32.2. The van der Waals surface area contributed by atoms with E-state index in [1.54, 1.807) is 7.05 Å². The maximum Gasteiger partial charge on any atom is 0.416 e. The lowest BCUT2D eigenvalue weighted by atomic mass is 10.0. The number of anilines is 1. The van der Waals surface area contributed by atoms with Gasteiger partial charge in [0.1, 0.15) is 0 Å². The molecule has 2 aromatic rings. The summed E-state index contributed by atoms with van der Waals surface area (Å²) in [6.45, 7) is 0. The molecule has 0 saturated heterocycles. The first kappa shape index (κ1) is 15.9. The van der Waals surface area contributed by atoms with Crippen LogP contribution in [0.5, 0.6) is 5.75 Å². The summed E-state index contributed by atoms with van der Waals surface area (Å²) in [7, 11) is 1.60. The van der Waals surface area contributed by atoms with Gasteiger partial charge in [-0.1, -0.05) is 18.2 Å². The highest BCUT2D eigenvalue weighted by Crippen LogP contribution is 2.50. The summed E-state index contributed by atoms with van der Waals surface area (Å²) in [5.41, 5.74) is -0.259. The van der Waals surface area contributed by atoms with Crippen LogP contribution in [-0.2, 0) is 6.18 Å². The number of hydrogen-bond acceptors (Lipinski definition) is 4. The van der Waals surface area contributed by atoms with Crippen LogP contribution in [0.25, 0.3) is 11.1 Å². The van der Waals surface area contributed by atoms with Crippen molar-refractivity contribution in [1.29, 1.82) is 0 Å². The van der Waals surface area contributed by atoms with Gasteiger partial charge < -0.3 is 14.8 Å². The van der Waals surface area contributed by atoms with Gasteiger partial charge in [-0.15, -0.1) is 11.8 Å². The van der Waals surface area contributed by atoms with Crippen molar-refractivity contribution in [3.05, 3.63) is 47.1 Å². The average molecular weight is 341 g/mol. The van der Waals surface area contributed by atoms with Gasteiger partial charge in [0.2, 0.25) is 5.88 Å². The third-order valence-electron chi connectivity index (χ3n) is 3.60. The predicted octanol–water partition coefficient (Wildman–Crippen LogP) is 5.40. The van der Waals surface area contributed by atoms with E-state index in [1.807, 2.05) is 11.5 Å². The second kappa shape index (κ2) is 5.88. The zero-order valence-corrected chi connectivity index (χ0v) is 13.0. The number of alkyl halides is 3. The number of thioether (sulfide) groups is 1. The summed E-state index contributed by atoms with van der Waals surface area (Å²) >= 11 is 1.50. The van der Waals surface area contributed by atoms with Gasteiger partial charge in [0.15, 0.2) is 11.5 Å². The molecule has 0 amide bonds. The van der Waals surface area contributed by atoms with Crippen molar-refractivity contribution in [3.63, 3.8) is 0 Å². The number of hydrogen-bond donors (Lipinski definition) is 2. The molecular weight excluding hydrogens is 327 g/mol. The number of allylic oxidation sites excluding steroid dienone is 1. The zero-order valence-electron chi connectivity index (χ0n) is 12.1. The maximum atomic E-state index is 12.9. The van der Waals surface area contributed by atoms with Gasteiger partial charge in [-0.25, -0.2) is 0 Å². The van der Waals surface area contributed by atoms with Crippen LogP contribution in [0, 0.1) is 0 Å². The molecule has 0 saturated carbocycles. The maximum absolute atomic E-state index is 12.9. The molecule has 122 valence electrons. The highest BCUT2D eigenvalue weighted by Gasteiger charge is 2.32. The van der Waals surface area contributed by atoms with Gasteiger partial charge in [-0.05, 0) is 29.5 Å². The Morgan fingerprint density at radius 1 is 1.35 bits per heavy atom. The van der Waals surface area contributed by atoms with E-state index in [0.29, 0.717) is 12.2 Å². The van der Waals surface area contributed by atoms with Gasteiger partial charge in [0, 0.05) is 7.05 Å². The molecule has 1 unspecified atom stereocenters. The fraction of sp³-hybridized carbons (Fsp3) is 0.250. The molecule has 0 spiro atoms. The predicted molar refractivity (Wildman–Crippen MR) is 84.4 cm³/mol. The molecule has 3 nitrogen and oxygen atoms in total. The Bertz CT molecular complexity index is 744. The molecule has 0 aliphatic carbocycles. The number of furan rings is 1. The van der Waals surface area contributed by atoms with Crippen LogP contribution in [0.3, 0.4) is 0 Å². The van der Waals surface area contributed by atoms with E-state index in [2.05, 4.69) is 5.32 Å². The Balaban J connectivity index is 2.09. The third-order valence-corrected chi connectivity index (χ3v) is 4.68. The lowest BCUT2D eigenvalue weighted by Gasteiger charge is -2.09. The van der Waals surface area contributed by atoms with Crippen molar-refractivity contribution < 1.29 is 22.7 Å². The molecule has 1 aliphatic heterocycles. The summed E-state index contributed by atoms with van der Waals surface area (Å²) in [5.74, 6) is 0.510. The average Bonchev–Trinajstić information content (AvgIpc) is 3.13. The molecule has 0 radical (unpaired) electrons. The Kier molecular flexibility index (Phi) is 4.06. The summed E-state index contributed by atoms with van der Waals surface area (Å²) in [6, 6.07) is 4.84. The van der Waals surface area contributed by atoms with E-state index in [9.17, 15) is 18.3 Å².